The number of nitrogens with zero attached hydrogens (tertiary/aromatic N) is 2. The van der Waals surface area contributed by atoms with Gasteiger partial charge in [0.2, 0.25) is 11.8 Å². The number of alkyl halides is 3. The molecule has 0 aliphatic carbocycles. The predicted octanol–water partition coefficient (Wildman–Crippen LogP) is 3.50. The first kappa shape index (κ1) is 19.7. The maximum absolute atomic E-state index is 12.8. The molecule has 0 spiro atoms. The van der Waals surface area contributed by atoms with Gasteiger partial charge in [0.15, 0.2) is 0 Å². The fourth-order valence-corrected chi connectivity index (χ4v) is 3.94. The number of benzene rings is 1. The summed E-state index contributed by atoms with van der Waals surface area (Å²) >= 11 is 0. The lowest BCUT2D eigenvalue weighted by atomic mass is 9.91. The molecule has 27 heavy (non-hydrogen) atoms. The van der Waals surface area contributed by atoms with E-state index in [0.717, 1.165) is 31.7 Å². The van der Waals surface area contributed by atoms with E-state index in [1.54, 1.807) is 11.0 Å². The maximum Gasteiger partial charge on any atom is 0.416 e. The molecule has 0 N–H and O–H groups in total. The van der Waals surface area contributed by atoms with E-state index in [1.807, 2.05) is 4.90 Å². The first-order chi connectivity index (χ1) is 12.8. The van der Waals surface area contributed by atoms with Gasteiger partial charge in [-0.05, 0) is 49.7 Å². The van der Waals surface area contributed by atoms with E-state index in [9.17, 15) is 22.8 Å². The van der Waals surface area contributed by atoms with Crippen LogP contribution in [-0.4, -0.2) is 47.8 Å². The summed E-state index contributed by atoms with van der Waals surface area (Å²) in [5.41, 5.74) is 0.0617. The van der Waals surface area contributed by atoms with Crippen LogP contribution in [0.5, 0.6) is 0 Å². The molecule has 2 aliphatic rings. The molecule has 1 atom stereocenters. The number of amides is 2. The zero-order chi connectivity index (χ0) is 19.4. The van der Waals surface area contributed by atoms with E-state index >= 15 is 0 Å². The van der Waals surface area contributed by atoms with Gasteiger partial charge in [0, 0.05) is 26.1 Å². The molecule has 1 aromatic carbocycles. The topological polar surface area (TPSA) is 40.6 Å². The van der Waals surface area contributed by atoms with E-state index in [1.165, 1.54) is 12.1 Å². The fourth-order valence-electron chi connectivity index (χ4n) is 3.94. The van der Waals surface area contributed by atoms with Crippen LogP contribution >= 0.6 is 0 Å². The molecule has 2 amide bonds. The first-order valence-electron chi connectivity index (χ1n) is 9.54. The minimum absolute atomic E-state index is 0.0194. The number of piperidine rings is 1. The van der Waals surface area contributed by atoms with Gasteiger partial charge in [-0.25, -0.2) is 0 Å². The maximum atomic E-state index is 12.8. The van der Waals surface area contributed by atoms with Crippen LogP contribution in [0.2, 0.25) is 0 Å². The van der Waals surface area contributed by atoms with Crippen molar-refractivity contribution in [3.05, 3.63) is 35.4 Å². The minimum Gasteiger partial charge on any atom is -0.341 e. The highest BCUT2D eigenvalue weighted by atomic mass is 19.4. The van der Waals surface area contributed by atoms with Crippen LogP contribution < -0.4 is 0 Å². The van der Waals surface area contributed by atoms with E-state index in [0.29, 0.717) is 38.0 Å². The minimum atomic E-state index is -4.32. The number of hydrogen-bond acceptors (Lipinski definition) is 2. The Morgan fingerprint density at radius 3 is 2.70 bits per heavy atom. The first-order valence-corrected chi connectivity index (χ1v) is 9.54. The van der Waals surface area contributed by atoms with Gasteiger partial charge in [-0.2, -0.15) is 13.2 Å². The molecule has 1 unspecified atom stereocenters. The monoisotopic (exact) mass is 382 g/mol. The summed E-state index contributed by atoms with van der Waals surface area (Å²) in [5, 5.41) is 0. The smallest absolute Gasteiger partial charge is 0.341 e. The van der Waals surface area contributed by atoms with E-state index in [4.69, 9.17) is 0 Å². The van der Waals surface area contributed by atoms with Gasteiger partial charge in [0.25, 0.3) is 0 Å². The van der Waals surface area contributed by atoms with Gasteiger partial charge in [0.05, 0.1) is 12.1 Å². The Morgan fingerprint density at radius 2 is 2.00 bits per heavy atom. The van der Waals surface area contributed by atoms with Crippen LogP contribution in [0.4, 0.5) is 13.2 Å². The van der Waals surface area contributed by atoms with E-state index in [-0.39, 0.29) is 24.3 Å². The van der Waals surface area contributed by atoms with Crippen LogP contribution in [0.25, 0.3) is 0 Å². The molecule has 1 aromatic rings. The Hall–Kier alpha value is -2.05. The average molecular weight is 382 g/mol. The predicted molar refractivity (Wildman–Crippen MR) is 94.9 cm³/mol. The second-order valence-corrected chi connectivity index (χ2v) is 7.50. The highest BCUT2D eigenvalue weighted by Crippen LogP contribution is 2.30. The standard InChI is InChI=1S/C20H25F3N2O2/c21-20(22,23)17-6-1-4-15(12-17)8-9-16-5-2-10-24(13-16)19(27)14-25-11-3-7-18(25)26/h1,4,6,12,16H,2-3,5,7-11,13-14H2. The van der Waals surface area contributed by atoms with Crippen LogP contribution in [0.1, 0.15) is 43.2 Å². The Balaban J connectivity index is 1.51. The van der Waals surface area contributed by atoms with Gasteiger partial charge in [-0.15, -0.1) is 0 Å². The molecular formula is C20H25F3N2O2. The molecular weight excluding hydrogens is 357 g/mol. The quantitative estimate of drug-likeness (QED) is 0.782. The lowest BCUT2D eigenvalue weighted by Crippen LogP contribution is -2.45. The third kappa shape index (κ3) is 5.23. The Labute approximate surface area is 157 Å². The number of carbonyl (C=O) groups excluding carboxylic acids is 2. The van der Waals surface area contributed by atoms with Gasteiger partial charge < -0.3 is 9.80 Å². The summed E-state index contributed by atoms with van der Waals surface area (Å²) < 4.78 is 38.5. The number of carbonyl (C=O) groups is 2. The summed E-state index contributed by atoms with van der Waals surface area (Å²) in [5.74, 6) is 0.307. The van der Waals surface area contributed by atoms with Crippen LogP contribution in [-0.2, 0) is 22.2 Å². The van der Waals surface area contributed by atoms with Crippen molar-refractivity contribution in [2.75, 3.05) is 26.2 Å². The summed E-state index contributed by atoms with van der Waals surface area (Å²) in [7, 11) is 0. The molecule has 0 saturated carbocycles. The van der Waals surface area contributed by atoms with Crippen molar-refractivity contribution >= 4 is 11.8 Å². The van der Waals surface area contributed by atoms with E-state index < -0.39 is 11.7 Å². The Bertz CT molecular complexity index is 690. The number of hydrogen-bond donors (Lipinski definition) is 0. The highest BCUT2D eigenvalue weighted by molar-refractivity contribution is 5.85. The second kappa shape index (κ2) is 8.31. The second-order valence-electron chi connectivity index (χ2n) is 7.50. The third-order valence-corrected chi connectivity index (χ3v) is 5.46. The number of aryl methyl sites for hydroxylation is 1. The van der Waals surface area contributed by atoms with Crippen molar-refractivity contribution in [3.63, 3.8) is 0 Å². The molecule has 0 aromatic heterocycles. The lowest BCUT2D eigenvalue weighted by Gasteiger charge is -2.34. The van der Waals surface area contributed by atoms with Crippen molar-refractivity contribution in [2.24, 2.45) is 5.92 Å². The van der Waals surface area contributed by atoms with Crippen molar-refractivity contribution < 1.29 is 22.8 Å². The molecule has 3 rings (SSSR count). The number of likely N-dealkylation sites (tertiary alicyclic amines) is 2. The largest absolute Gasteiger partial charge is 0.416 e. The summed E-state index contributed by atoms with van der Waals surface area (Å²) in [6, 6.07) is 5.47. The Morgan fingerprint density at radius 1 is 1.19 bits per heavy atom. The van der Waals surface area contributed by atoms with Crippen molar-refractivity contribution in [1.29, 1.82) is 0 Å². The molecule has 2 fully saturated rings. The highest BCUT2D eigenvalue weighted by Gasteiger charge is 2.31. The normalized spacial score (nSPS) is 21.0. The summed E-state index contributed by atoms with van der Waals surface area (Å²) in [6.07, 6.45) is 0.211. The van der Waals surface area contributed by atoms with Crippen molar-refractivity contribution in [1.82, 2.24) is 9.80 Å². The zero-order valence-electron chi connectivity index (χ0n) is 15.3. The average Bonchev–Trinajstić information content (AvgIpc) is 3.04. The number of rotatable bonds is 5. The molecule has 148 valence electrons. The summed E-state index contributed by atoms with van der Waals surface area (Å²) in [6.45, 7) is 2.12. The lowest BCUT2D eigenvalue weighted by molar-refractivity contribution is -0.139. The molecule has 4 nitrogen and oxygen atoms in total. The van der Waals surface area contributed by atoms with Crippen molar-refractivity contribution in [2.45, 2.75) is 44.7 Å². The molecule has 0 bridgehead atoms. The van der Waals surface area contributed by atoms with Gasteiger partial charge in [-0.1, -0.05) is 18.2 Å². The van der Waals surface area contributed by atoms with Gasteiger partial charge in [-0.3, -0.25) is 9.59 Å². The van der Waals surface area contributed by atoms with Gasteiger partial charge >= 0.3 is 6.18 Å². The molecule has 7 heteroatoms. The molecule has 2 heterocycles. The molecule has 2 saturated heterocycles. The molecule has 0 radical (unpaired) electrons. The number of halogens is 3. The van der Waals surface area contributed by atoms with Crippen LogP contribution in [0.3, 0.4) is 0 Å². The van der Waals surface area contributed by atoms with E-state index in [2.05, 4.69) is 0 Å². The van der Waals surface area contributed by atoms with Crippen LogP contribution in [0, 0.1) is 5.92 Å². The molecule has 2 aliphatic heterocycles. The van der Waals surface area contributed by atoms with Crippen molar-refractivity contribution in [3.8, 4) is 0 Å². The zero-order valence-corrected chi connectivity index (χ0v) is 15.3. The third-order valence-electron chi connectivity index (χ3n) is 5.46. The van der Waals surface area contributed by atoms with Gasteiger partial charge in [0.1, 0.15) is 0 Å². The SMILES string of the molecule is O=C1CCCN1CC(=O)N1CCCC(CCc2cccc(C(F)(F)F)c2)C1. The fraction of sp³-hybridized carbons (Fsp3) is 0.600. The van der Waals surface area contributed by atoms with Crippen LogP contribution in [0.15, 0.2) is 24.3 Å². The summed E-state index contributed by atoms with van der Waals surface area (Å²) in [4.78, 5) is 27.6. The Kier molecular flexibility index (Phi) is 6.07.